The molecule has 1 aromatic carbocycles. The summed E-state index contributed by atoms with van der Waals surface area (Å²) in [7, 11) is 1.46. The van der Waals surface area contributed by atoms with E-state index in [9.17, 15) is 4.39 Å². The molecule has 17 heavy (non-hydrogen) atoms. The minimum atomic E-state index is -0.325. The summed E-state index contributed by atoms with van der Waals surface area (Å²) in [6, 6.07) is 5.52. The van der Waals surface area contributed by atoms with Gasteiger partial charge >= 0.3 is 0 Å². The third kappa shape index (κ3) is 3.17. The molecule has 1 saturated heterocycles. The molecule has 0 bridgehead atoms. The first-order chi connectivity index (χ1) is 8.31. The Labute approximate surface area is 101 Å². The van der Waals surface area contributed by atoms with E-state index in [1.807, 2.05) is 0 Å². The van der Waals surface area contributed by atoms with Crippen molar-refractivity contribution in [3.63, 3.8) is 0 Å². The molecule has 0 aliphatic carbocycles. The van der Waals surface area contributed by atoms with Crippen molar-refractivity contribution in [2.24, 2.45) is 0 Å². The monoisotopic (exact) mass is 239 g/mol. The van der Waals surface area contributed by atoms with Crippen molar-refractivity contribution in [2.45, 2.75) is 25.5 Å². The summed E-state index contributed by atoms with van der Waals surface area (Å²) in [5.41, 5.74) is 0.544. The second kappa shape index (κ2) is 5.98. The SMILES string of the molecule is COc1cccc(COCC2CCCN2)c1F. The quantitative estimate of drug-likeness (QED) is 0.853. The van der Waals surface area contributed by atoms with Gasteiger partial charge < -0.3 is 14.8 Å². The number of methoxy groups -OCH3 is 1. The van der Waals surface area contributed by atoms with E-state index in [0.717, 1.165) is 13.0 Å². The number of hydrogen-bond donors (Lipinski definition) is 1. The van der Waals surface area contributed by atoms with Crippen molar-refractivity contribution in [1.82, 2.24) is 5.32 Å². The largest absolute Gasteiger partial charge is 0.494 e. The fourth-order valence-corrected chi connectivity index (χ4v) is 2.04. The van der Waals surface area contributed by atoms with Crippen LogP contribution in [0.15, 0.2) is 18.2 Å². The average molecular weight is 239 g/mol. The van der Waals surface area contributed by atoms with Gasteiger partial charge in [0.1, 0.15) is 0 Å². The van der Waals surface area contributed by atoms with Gasteiger partial charge in [-0.3, -0.25) is 0 Å². The summed E-state index contributed by atoms with van der Waals surface area (Å²) in [5, 5.41) is 3.34. The molecule has 1 fully saturated rings. The lowest BCUT2D eigenvalue weighted by Crippen LogP contribution is -2.26. The summed E-state index contributed by atoms with van der Waals surface area (Å²) in [4.78, 5) is 0. The lowest BCUT2D eigenvalue weighted by atomic mass is 10.2. The van der Waals surface area contributed by atoms with Crippen LogP contribution >= 0.6 is 0 Å². The molecule has 0 aromatic heterocycles. The van der Waals surface area contributed by atoms with Crippen LogP contribution in [0.1, 0.15) is 18.4 Å². The molecule has 1 aliphatic rings. The van der Waals surface area contributed by atoms with E-state index >= 15 is 0 Å². The van der Waals surface area contributed by atoms with Crippen LogP contribution in [-0.4, -0.2) is 26.3 Å². The van der Waals surface area contributed by atoms with Gasteiger partial charge in [0, 0.05) is 11.6 Å². The highest BCUT2D eigenvalue weighted by Gasteiger charge is 2.14. The minimum Gasteiger partial charge on any atom is -0.494 e. The van der Waals surface area contributed by atoms with Crippen LogP contribution in [0.3, 0.4) is 0 Å². The van der Waals surface area contributed by atoms with Gasteiger partial charge in [0.25, 0.3) is 0 Å². The van der Waals surface area contributed by atoms with E-state index in [-0.39, 0.29) is 11.6 Å². The zero-order valence-corrected chi connectivity index (χ0v) is 10.0. The van der Waals surface area contributed by atoms with E-state index in [2.05, 4.69) is 5.32 Å². The van der Waals surface area contributed by atoms with Crippen LogP contribution in [0.25, 0.3) is 0 Å². The molecule has 3 nitrogen and oxygen atoms in total. The zero-order chi connectivity index (χ0) is 12.1. The first kappa shape index (κ1) is 12.3. The molecule has 0 amide bonds. The van der Waals surface area contributed by atoms with Gasteiger partial charge in [0.15, 0.2) is 11.6 Å². The predicted octanol–water partition coefficient (Wildman–Crippen LogP) is 2.10. The number of ether oxygens (including phenoxy) is 2. The van der Waals surface area contributed by atoms with E-state index in [1.54, 1.807) is 18.2 Å². The number of nitrogens with one attached hydrogen (secondary N) is 1. The molecule has 1 N–H and O–H groups in total. The standard InChI is InChI=1S/C13H18FNO2/c1-16-12-6-2-4-10(13(12)14)8-17-9-11-5-3-7-15-11/h2,4,6,11,15H,3,5,7-9H2,1H3. The highest BCUT2D eigenvalue weighted by Crippen LogP contribution is 2.20. The molecular formula is C13H18FNO2. The molecule has 94 valence electrons. The summed E-state index contributed by atoms with van der Waals surface area (Å²) in [5.74, 6) is -0.0560. The first-order valence-electron chi connectivity index (χ1n) is 5.94. The molecule has 1 atom stereocenters. The predicted molar refractivity (Wildman–Crippen MR) is 63.6 cm³/mol. The molecule has 0 radical (unpaired) electrons. The van der Waals surface area contributed by atoms with Crippen LogP contribution in [0.5, 0.6) is 5.75 Å². The maximum atomic E-state index is 13.8. The Kier molecular flexibility index (Phi) is 4.34. The average Bonchev–Trinajstić information content (AvgIpc) is 2.84. The van der Waals surface area contributed by atoms with Gasteiger partial charge in [-0.05, 0) is 25.5 Å². The van der Waals surface area contributed by atoms with Crippen molar-refractivity contribution in [1.29, 1.82) is 0 Å². The Balaban J connectivity index is 1.85. The minimum absolute atomic E-state index is 0.269. The Bertz CT molecular complexity index is 364. The lowest BCUT2D eigenvalue weighted by Gasteiger charge is -2.12. The Morgan fingerprint density at radius 1 is 1.47 bits per heavy atom. The van der Waals surface area contributed by atoms with Gasteiger partial charge in [-0.15, -0.1) is 0 Å². The Morgan fingerprint density at radius 3 is 3.06 bits per heavy atom. The number of hydrogen-bond acceptors (Lipinski definition) is 3. The van der Waals surface area contributed by atoms with Crippen LogP contribution in [0, 0.1) is 5.82 Å². The van der Waals surface area contributed by atoms with Crippen LogP contribution in [-0.2, 0) is 11.3 Å². The Morgan fingerprint density at radius 2 is 2.35 bits per heavy atom. The van der Waals surface area contributed by atoms with Crippen LogP contribution < -0.4 is 10.1 Å². The Hall–Kier alpha value is -1.13. The van der Waals surface area contributed by atoms with Crippen molar-refractivity contribution < 1.29 is 13.9 Å². The van der Waals surface area contributed by atoms with Crippen molar-refractivity contribution in [3.05, 3.63) is 29.6 Å². The third-order valence-corrected chi connectivity index (χ3v) is 3.00. The van der Waals surface area contributed by atoms with Gasteiger partial charge in [-0.25, -0.2) is 4.39 Å². The highest BCUT2D eigenvalue weighted by atomic mass is 19.1. The number of rotatable bonds is 5. The number of benzene rings is 1. The summed E-state index contributed by atoms with van der Waals surface area (Å²) in [6.07, 6.45) is 2.34. The molecule has 1 aliphatic heterocycles. The van der Waals surface area contributed by atoms with Crippen LogP contribution in [0.4, 0.5) is 4.39 Å². The molecular weight excluding hydrogens is 221 g/mol. The van der Waals surface area contributed by atoms with Crippen molar-refractivity contribution in [2.75, 3.05) is 20.3 Å². The van der Waals surface area contributed by atoms with Crippen molar-refractivity contribution >= 4 is 0 Å². The molecule has 1 unspecified atom stereocenters. The van der Waals surface area contributed by atoms with E-state index in [0.29, 0.717) is 24.8 Å². The summed E-state index contributed by atoms with van der Waals surface area (Å²) >= 11 is 0. The topological polar surface area (TPSA) is 30.5 Å². The van der Waals surface area contributed by atoms with Gasteiger partial charge in [0.2, 0.25) is 0 Å². The number of halogens is 1. The molecule has 1 heterocycles. The smallest absolute Gasteiger partial charge is 0.170 e. The fraction of sp³-hybridized carbons (Fsp3) is 0.538. The second-order valence-electron chi connectivity index (χ2n) is 4.24. The van der Waals surface area contributed by atoms with E-state index in [1.165, 1.54) is 13.5 Å². The van der Waals surface area contributed by atoms with E-state index in [4.69, 9.17) is 9.47 Å². The van der Waals surface area contributed by atoms with E-state index < -0.39 is 0 Å². The van der Waals surface area contributed by atoms with Crippen LogP contribution in [0.2, 0.25) is 0 Å². The third-order valence-electron chi connectivity index (χ3n) is 3.00. The summed E-state index contributed by atoms with van der Waals surface area (Å²) < 4.78 is 24.2. The van der Waals surface area contributed by atoms with Gasteiger partial charge in [-0.1, -0.05) is 12.1 Å². The first-order valence-corrected chi connectivity index (χ1v) is 5.94. The highest BCUT2D eigenvalue weighted by molar-refractivity contribution is 5.30. The van der Waals surface area contributed by atoms with Crippen molar-refractivity contribution in [3.8, 4) is 5.75 Å². The molecule has 4 heteroatoms. The normalized spacial score (nSPS) is 19.5. The second-order valence-corrected chi connectivity index (χ2v) is 4.24. The molecule has 0 saturated carbocycles. The molecule has 2 rings (SSSR count). The molecule has 0 spiro atoms. The maximum absolute atomic E-state index is 13.8. The summed E-state index contributed by atoms with van der Waals surface area (Å²) in [6.45, 7) is 1.99. The van der Waals surface area contributed by atoms with Gasteiger partial charge in [-0.2, -0.15) is 0 Å². The molecule has 1 aromatic rings. The zero-order valence-electron chi connectivity index (χ0n) is 10.0. The fourth-order valence-electron chi connectivity index (χ4n) is 2.04. The maximum Gasteiger partial charge on any atom is 0.170 e. The van der Waals surface area contributed by atoms with Gasteiger partial charge in [0.05, 0.1) is 20.3 Å². The lowest BCUT2D eigenvalue weighted by molar-refractivity contribution is 0.101.